The van der Waals surface area contributed by atoms with Crippen LogP contribution in [0.15, 0.2) is 29.9 Å². The normalized spacial score (nSPS) is 23.9. The quantitative estimate of drug-likeness (QED) is 0.0623. The van der Waals surface area contributed by atoms with Crippen molar-refractivity contribution in [3.8, 4) is 0 Å². The van der Waals surface area contributed by atoms with Crippen molar-refractivity contribution in [1.82, 2.24) is 19.9 Å². The molecule has 4 N–H and O–H groups in total. The van der Waals surface area contributed by atoms with E-state index >= 15 is 0 Å². The summed E-state index contributed by atoms with van der Waals surface area (Å²) in [6, 6.07) is 0. The Labute approximate surface area is 348 Å². The number of anilines is 2. The van der Waals surface area contributed by atoms with Gasteiger partial charge in [-0.05, 0) is 12.5 Å². The van der Waals surface area contributed by atoms with Gasteiger partial charge in [-0.15, -0.1) is 0 Å². The maximum Gasteiger partial charge on any atom is 0.303 e. The molecule has 0 spiro atoms. The Bertz CT molecular complexity index is 1980. The highest BCUT2D eigenvalue weighted by Crippen LogP contribution is 2.30. The fourth-order valence-corrected chi connectivity index (χ4v) is 6.50. The average molecular weight is 883 g/mol. The van der Waals surface area contributed by atoms with Gasteiger partial charge in [0.15, 0.2) is 82.4 Å². The molecule has 26 heteroatoms. The van der Waals surface area contributed by atoms with Gasteiger partial charge in [0.1, 0.15) is 0 Å². The molecule has 2 aromatic rings. The number of aromatic amines is 2. The van der Waals surface area contributed by atoms with Gasteiger partial charge in [-0.2, -0.15) is 0 Å². The second kappa shape index (κ2) is 21.4. The lowest BCUT2D eigenvalue weighted by molar-refractivity contribution is -0.221. The van der Waals surface area contributed by atoms with E-state index < -0.39 is 96.0 Å². The molecule has 2 aliphatic heterocycles. The molecule has 4 heterocycles. The molecule has 2 saturated heterocycles. The number of hydrogen-bond acceptors (Lipinski definition) is 24. The van der Waals surface area contributed by atoms with E-state index in [2.05, 4.69) is 40.6 Å². The van der Waals surface area contributed by atoms with E-state index in [1.807, 2.05) is 0 Å². The van der Waals surface area contributed by atoms with E-state index in [9.17, 15) is 38.4 Å². The van der Waals surface area contributed by atoms with Crippen LogP contribution in [0, 0.1) is 0 Å². The van der Waals surface area contributed by atoms with Crippen LogP contribution in [-0.4, -0.2) is 143 Å². The summed E-state index contributed by atoms with van der Waals surface area (Å²) in [6.07, 6.45) is -5.11. The molecular weight excluding hydrogens is 841 g/mol. The van der Waals surface area contributed by atoms with Gasteiger partial charge in [-0.3, -0.25) is 48.3 Å². The number of rotatable bonds is 15. The second-order valence-corrected chi connectivity index (χ2v) is 14.1. The minimum Gasteiger partial charge on any atom is -0.456 e. The predicted octanol–water partition coefficient (Wildman–Crippen LogP) is 0.528. The van der Waals surface area contributed by atoms with Crippen LogP contribution in [0.1, 0.15) is 41.5 Å². The van der Waals surface area contributed by atoms with Crippen molar-refractivity contribution in [3.05, 3.63) is 20.7 Å². The summed E-state index contributed by atoms with van der Waals surface area (Å²) in [5, 5.41) is 5.99. The van der Waals surface area contributed by atoms with Crippen LogP contribution < -0.4 is 21.8 Å². The van der Waals surface area contributed by atoms with E-state index in [0.717, 1.165) is 77.5 Å². The predicted molar refractivity (Wildman–Crippen MR) is 210 cm³/mol. The Kier molecular flexibility index (Phi) is 16.7. The first-order valence-corrected chi connectivity index (χ1v) is 20.1. The molecule has 326 valence electrons. The molecule has 2 aliphatic rings. The van der Waals surface area contributed by atoms with Gasteiger partial charge >= 0.3 is 35.8 Å². The van der Waals surface area contributed by atoms with E-state index in [1.165, 1.54) is 0 Å². The summed E-state index contributed by atoms with van der Waals surface area (Å²) in [5.74, 6) is -4.96. The van der Waals surface area contributed by atoms with Gasteiger partial charge < -0.3 is 48.5 Å². The third-order valence-electron chi connectivity index (χ3n) is 7.87. The summed E-state index contributed by atoms with van der Waals surface area (Å²) in [6.45, 7) is 6.03. The van der Waals surface area contributed by atoms with Gasteiger partial charge in [-0.25, -0.2) is 20.0 Å². The number of carbonyl (C=O) groups is 6. The zero-order chi connectivity index (χ0) is 44.3. The topological polar surface area (TPSA) is 317 Å². The Balaban J connectivity index is 1.69. The molecule has 0 bridgehead atoms. The summed E-state index contributed by atoms with van der Waals surface area (Å²) >= 11 is 2.15. The van der Waals surface area contributed by atoms with Crippen LogP contribution in [-0.2, 0) is 66.7 Å². The van der Waals surface area contributed by atoms with Crippen molar-refractivity contribution >= 4 is 94.8 Å². The number of aromatic nitrogens is 4. The molecule has 0 amide bonds. The lowest BCUT2D eigenvalue weighted by atomic mass is 10.0. The van der Waals surface area contributed by atoms with Crippen LogP contribution in [0.3, 0.4) is 0 Å². The first-order chi connectivity index (χ1) is 28.4. The summed E-state index contributed by atoms with van der Waals surface area (Å²) in [7, 11) is 0. The monoisotopic (exact) mass is 882 g/mol. The van der Waals surface area contributed by atoms with Gasteiger partial charge in [0.2, 0.25) is 0 Å². The number of ether oxygens (including phenoxy) is 8. The van der Waals surface area contributed by atoms with Crippen LogP contribution in [0.25, 0.3) is 0 Å². The van der Waals surface area contributed by atoms with E-state index in [4.69, 9.17) is 37.9 Å². The van der Waals surface area contributed by atoms with Crippen molar-refractivity contribution in [1.29, 1.82) is 0 Å². The van der Waals surface area contributed by atoms with Crippen LogP contribution in [0.5, 0.6) is 0 Å². The highest BCUT2D eigenvalue weighted by Gasteiger charge is 2.48. The molecule has 0 aromatic carbocycles. The molecule has 0 aliphatic carbocycles. The average Bonchev–Trinajstić information content (AvgIpc) is 3.14. The lowest BCUT2D eigenvalue weighted by Gasteiger charge is -2.40. The first-order valence-electron chi connectivity index (χ1n) is 17.6. The molecule has 0 radical (unpaired) electrons. The van der Waals surface area contributed by atoms with Crippen molar-refractivity contribution < 1.29 is 66.7 Å². The van der Waals surface area contributed by atoms with Crippen molar-refractivity contribution in [3.63, 3.8) is 0 Å². The van der Waals surface area contributed by atoms with E-state index in [-0.39, 0.29) is 46.5 Å². The number of H-pyrrole nitrogens is 2. The van der Waals surface area contributed by atoms with Crippen molar-refractivity contribution in [2.45, 2.75) is 101 Å². The Morgan fingerprint density at radius 1 is 0.583 bits per heavy atom. The summed E-state index contributed by atoms with van der Waals surface area (Å²) in [4.78, 5) is 121. The molecule has 0 saturated carbocycles. The fourth-order valence-electron chi connectivity index (χ4n) is 5.74. The number of hydrogen-bond donors (Lipinski definition) is 4. The number of nitrogens with zero attached hydrogens (tertiary/aromatic N) is 4. The molecule has 4 rings (SSSR count). The van der Waals surface area contributed by atoms with Crippen LogP contribution in [0.4, 0.5) is 23.0 Å². The van der Waals surface area contributed by atoms with Gasteiger partial charge in [-0.1, -0.05) is 23.5 Å². The SMILES string of the molecule is CSc1nc(N[C@@H]2OC[C@H](OC(C)=O)[C@@H](OC(C)=O)[C@H]2OC(C)=O)c(N=CC=Nc2c(N[C@@H]3OC[C@H](OC(C)=O)[C@H](OC(C)=O)[C@@H]3OC(C)=O)nc(SC)[nH]c2=O)c(=O)[nH]1. The Hall–Kier alpha value is -5.86. The number of esters is 6. The van der Waals surface area contributed by atoms with Crippen molar-refractivity contribution in [2.24, 2.45) is 9.98 Å². The van der Waals surface area contributed by atoms with Crippen LogP contribution >= 0.6 is 23.5 Å². The highest BCUT2D eigenvalue weighted by atomic mass is 32.2. The van der Waals surface area contributed by atoms with E-state index in [0.29, 0.717) is 0 Å². The minimum absolute atomic E-state index is 0.138. The second-order valence-electron chi connectivity index (χ2n) is 12.5. The smallest absolute Gasteiger partial charge is 0.303 e. The van der Waals surface area contributed by atoms with Gasteiger partial charge in [0, 0.05) is 54.0 Å². The molecule has 8 atom stereocenters. The summed E-state index contributed by atoms with van der Waals surface area (Å²) in [5.41, 5.74) is -2.17. The number of carbonyl (C=O) groups excluding carboxylic acids is 6. The molecule has 2 aromatic heterocycles. The number of thioether (sulfide) groups is 2. The van der Waals surface area contributed by atoms with Crippen LogP contribution in [0.2, 0.25) is 0 Å². The third-order valence-corrected chi connectivity index (χ3v) is 9.03. The zero-order valence-electron chi connectivity index (χ0n) is 33.3. The van der Waals surface area contributed by atoms with E-state index in [1.54, 1.807) is 12.5 Å². The highest BCUT2D eigenvalue weighted by molar-refractivity contribution is 7.98. The molecule has 0 unspecified atom stereocenters. The fraction of sp³-hybridized carbons (Fsp3) is 0.529. The Morgan fingerprint density at radius 3 is 1.20 bits per heavy atom. The molecule has 60 heavy (non-hydrogen) atoms. The van der Waals surface area contributed by atoms with Crippen molar-refractivity contribution in [2.75, 3.05) is 36.4 Å². The van der Waals surface area contributed by atoms with Gasteiger partial charge in [0.05, 0.1) is 13.2 Å². The van der Waals surface area contributed by atoms with Gasteiger partial charge in [0.25, 0.3) is 11.1 Å². The third kappa shape index (κ3) is 12.8. The summed E-state index contributed by atoms with van der Waals surface area (Å²) < 4.78 is 43.8. The Morgan fingerprint density at radius 2 is 0.900 bits per heavy atom. The molecular formula is C34H42N8O16S2. The maximum atomic E-state index is 13.3. The maximum absolute atomic E-state index is 13.3. The number of aliphatic imine (C=N–C) groups is 2. The minimum atomic E-state index is -1.42. The first kappa shape index (κ1) is 46.8. The zero-order valence-corrected chi connectivity index (χ0v) is 35.0. The molecule has 2 fully saturated rings. The number of nitrogens with one attached hydrogen (secondary N) is 4. The standard InChI is InChI=1S/C34H42N8O16S2/c1-13(43)53-19-11-51-31(25(57-17(5)47)23(19)55-15(3)45)37-27-21(29(49)41-33(39-27)59-7)35-9-10-36-22-28(40-34(60-8)42-30(22)50)38-32-26(58-18(6)48)24(56-16(4)46)20(12-52-32)54-14(2)44/h9-10,19-20,23-26,31-32H,11-12H2,1-8H3,(H2,37,39,41,49)(H2,38,40,42,50)/t19-,20-,23-,24+,25-,26+,31+,32+/m0/s1. The lowest BCUT2D eigenvalue weighted by Crippen LogP contribution is -2.59. The molecule has 24 nitrogen and oxygen atoms in total. The largest absolute Gasteiger partial charge is 0.456 e.